The quantitative estimate of drug-likeness (QED) is 0.0200. The van der Waals surface area contributed by atoms with Crippen LogP contribution in [0.1, 0.15) is 188 Å². The molecule has 6 heteroatoms. The van der Waals surface area contributed by atoms with Crippen LogP contribution in [-0.2, 0) is 28.6 Å². The Labute approximate surface area is 385 Å². The number of unbranched alkanes of at least 4 members (excludes halogenated alkanes) is 11. The van der Waals surface area contributed by atoms with Gasteiger partial charge in [0.1, 0.15) is 13.2 Å². The van der Waals surface area contributed by atoms with E-state index in [0.29, 0.717) is 12.8 Å². The SMILES string of the molecule is CC/C=C/C=C/C=C/CCCCCCCC(=O)OCC(COC(=O)CC/C=C/C/C=C/C/C=C/C/C=C/C/C=C/CC)OC(=O)CCCCCCCC/C=C/C/C=C/C/C=C/CC. The zero-order valence-corrected chi connectivity index (χ0v) is 40.0. The zero-order valence-electron chi connectivity index (χ0n) is 40.0. The largest absolute Gasteiger partial charge is 0.462 e. The Morgan fingerprint density at radius 2 is 0.683 bits per heavy atom. The first-order valence-electron chi connectivity index (χ1n) is 24.7. The van der Waals surface area contributed by atoms with E-state index in [9.17, 15) is 14.4 Å². The first-order valence-corrected chi connectivity index (χ1v) is 24.7. The van der Waals surface area contributed by atoms with Crippen molar-refractivity contribution in [3.8, 4) is 0 Å². The van der Waals surface area contributed by atoms with Crippen LogP contribution in [0, 0.1) is 0 Å². The fraction of sp³-hybridized carbons (Fsp3) is 0.561. The molecule has 0 saturated carbocycles. The van der Waals surface area contributed by atoms with Crippen LogP contribution in [0.15, 0.2) is 134 Å². The molecule has 0 heterocycles. The molecular weight excluding hydrogens is 781 g/mol. The fourth-order valence-corrected chi connectivity index (χ4v) is 6.09. The topological polar surface area (TPSA) is 78.9 Å². The van der Waals surface area contributed by atoms with Crippen molar-refractivity contribution in [2.75, 3.05) is 13.2 Å². The van der Waals surface area contributed by atoms with Gasteiger partial charge >= 0.3 is 17.9 Å². The van der Waals surface area contributed by atoms with Crippen molar-refractivity contribution in [3.05, 3.63) is 134 Å². The van der Waals surface area contributed by atoms with Gasteiger partial charge < -0.3 is 14.2 Å². The standard InChI is InChI=1S/C57H88O6/c1-4-7-10-13-16-19-22-25-27-29-32-35-38-41-44-47-50-56(59)62-53-54(52-61-55(58)49-46-43-40-37-34-31-24-21-18-15-12-9-6-3)63-57(60)51-48-45-42-39-36-33-30-28-26-23-20-17-14-11-8-5-2/h7-12,15-21,24-28,32,35,41,44,54H,4-6,13-14,22-23,29-31,33-34,36-40,42-43,45-53H2,1-3H3/b10-7+,11-8+,12-9+,18-15+,19-16+,20-17+,24-21+,27-25+,28-26+,35-32+,44-41+. The van der Waals surface area contributed by atoms with E-state index < -0.39 is 6.10 Å². The molecule has 0 aromatic rings. The lowest BCUT2D eigenvalue weighted by Crippen LogP contribution is -2.30. The van der Waals surface area contributed by atoms with E-state index >= 15 is 0 Å². The third-order valence-corrected chi connectivity index (χ3v) is 9.71. The van der Waals surface area contributed by atoms with Gasteiger partial charge in [0.2, 0.25) is 0 Å². The van der Waals surface area contributed by atoms with Gasteiger partial charge in [0, 0.05) is 19.3 Å². The number of esters is 3. The molecule has 0 amide bonds. The summed E-state index contributed by atoms with van der Waals surface area (Å²) in [5, 5.41) is 0. The summed E-state index contributed by atoms with van der Waals surface area (Å²) in [6, 6.07) is 0. The number of ether oxygens (including phenoxy) is 3. The van der Waals surface area contributed by atoms with Crippen LogP contribution in [0.5, 0.6) is 0 Å². The van der Waals surface area contributed by atoms with Crippen molar-refractivity contribution >= 4 is 17.9 Å². The molecule has 0 radical (unpaired) electrons. The molecule has 352 valence electrons. The molecule has 0 bridgehead atoms. The van der Waals surface area contributed by atoms with Gasteiger partial charge in [-0.3, -0.25) is 14.4 Å². The third-order valence-electron chi connectivity index (χ3n) is 9.71. The van der Waals surface area contributed by atoms with Crippen molar-refractivity contribution in [1.82, 2.24) is 0 Å². The molecule has 0 rings (SSSR count). The Morgan fingerprint density at radius 1 is 0.333 bits per heavy atom. The maximum Gasteiger partial charge on any atom is 0.306 e. The first kappa shape index (κ1) is 58.6. The fourth-order valence-electron chi connectivity index (χ4n) is 6.09. The molecule has 6 nitrogen and oxygen atoms in total. The maximum absolute atomic E-state index is 12.8. The van der Waals surface area contributed by atoms with E-state index in [4.69, 9.17) is 14.2 Å². The summed E-state index contributed by atoms with van der Waals surface area (Å²) < 4.78 is 16.7. The summed E-state index contributed by atoms with van der Waals surface area (Å²) >= 11 is 0. The predicted molar refractivity (Wildman–Crippen MR) is 269 cm³/mol. The molecule has 0 aromatic heterocycles. The lowest BCUT2D eigenvalue weighted by molar-refractivity contribution is -0.166. The number of hydrogen-bond acceptors (Lipinski definition) is 6. The molecule has 1 unspecified atom stereocenters. The molecule has 0 aromatic carbocycles. The van der Waals surface area contributed by atoms with Crippen LogP contribution in [0.25, 0.3) is 0 Å². The Hall–Kier alpha value is -4.45. The van der Waals surface area contributed by atoms with Gasteiger partial charge in [0.15, 0.2) is 6.10 Å². The van der Waals surface area contributed by atoms with Crippen LogP contribution in [0.3, 0.4) is 0 Å². The summed E-state index contributed by atoms with van der Waals surface area (Å²) in [5.74, 6) is -1.05. The first-order chi connectivity index (χ1) is 31.0. The van der Waals surface area contributed by atoms with Crippen molar-refractivity contribution in [2.24, 2.45) is 0 Å². The monoisotopic (exact) mass is 869 g/mol. The summed E-state index contributed by atoms with van der Waals surface area (Å²) in [6.45, 7) is 6.16. The van der Waals surface area contributed by atoms with Crippen LogP contribution in [0.4, 0.5) is 0 Å². The third kappa shape index (κ3) is 48.4. The van der Waals surface area contributed by atoms with E-state index in [1.165, 1.54) is 12.8 Å². The van der Waals surface area contributed by atoms with Gasteiger partial charge in [0.05, 0.1) is 0 Å². The average molecular weight is 869 g/mol. The highest BCUT2D eigenvalue weighted by atomic mass is 16.6. The second-order valence-corrected chi connectivity index (χ2v) is 15.6. The normalized spacial score (nSPS) is 13.3. The molecule has 0 spiro atoms. The minimum atomic E-state index is -0.828. The minimum Gasteiger partial charge on any atom is -0.462 e. The van der Waals surface area contributed by atoms with Gasteiger partial charge in [-0.15, -0.1) is 0 Å². The van der Waals surface area contributed by atoms with Gasteiger partial charge in [-0.1, -0.05) is 199 Å². The molecule has 0 saturated heterocycles. The highest BCUT2D eigenvalue weighted by Crippen LogP contribution is 2.12. The highest BCUT2D eigenvalue weighted by Gasteiger charge is 2.19. The molecule has 63 heavy (non-hydrogen) atoms. The van der Waals surface area contributed by atoms with Crippen molar-refractivity contribution in [2.45, 2.75) is 194 Å². The second-order valence-electron chi connectivity index (χ2n) is 15.6. The van der Waals surface area contributed by atoms with E-state index in [1.807, 2.05) is 18.2 Å². The number of carbonyl (C=O) groups is 3. The zero-order chi connectivity index (χ0) is 45.8. The molecule has 0 aliphatic rings. The second kappa shape index (κ2) is 50.2. The summed E-state index contributed by atoms with van der Waals surface area (Å²) in [6.07, 6.45) is 70.1. The molecule has 0 aliphatic heterocycles. The lowest BCUT2D eigenvalue weighted by Gasteiger charge is -2.18. The molecule has 0 N–H and O–H groups in total. The molecule has 1 atom stereocenters. The Bertz CT molecular complexity index is 1420. The molecule has 0 fully saturated rings. The van der Waals surface area contributed by atoms with Crippen molar-refractivity contribution in [1.29, 1.82) is 0 Å². The van der Waals surface area contributed by atoms with Gasteiger partial charge in [-0.25, -0.2) is 0 Å². The smallest absolute Gasteiger partial charge is 0.306 e. The van der Waals surface area contributed by atoms with E-state index in [1.54, 1.807) is 0 Å². The van der Waals surface area contributed by atoms with Gasteiger partial charge in [-0.2, -0.15) is 0 Å². The van der Waals surface area contributed by atoms with Crippen LogP contribution in [0.2, 0.25) is 0 Å². The predicted octanol–water partition coefficient (Wildman–Crippen LogP) is 16.3. The Balaban J connectivity index is 4.58. The lowest BCUT2D eigenvalue weighted by atomic mass is 10.1. The summed E-state index contributed by atoms with van der Waals surface area (Å²) in [4.78, 5) is 37.9. The van der Waals surface area contributed by atoms with E-state index in [2.05, 4.69) is 136 Å². The van der Waals surface area contributed by atoms with Crippen LogP contribution >= 0.6 is 0 Å². The highest BCUT2D eigenvalue weighted by molar-refractivity contribution is 5.71. The minimum absolute atomic E-state index is 0.122. The maximum atomic E-state index is 12.8. The van der Waals surface area contributed by atoms with E-state index in [-0.39, 0.29) is 44.0 Å². The van der Waals surface area contributed by atoms with E-state index in [0.717, 1.165) is 128 Å². The summed E-state index contributed by atoms with van der Waals surface area (Å²) in [5.41, 5.74) is 0. The Kier molecular flexibility index (Phi) is 46.7. The van der Waals surface area contributed by atoms with Crippen LogP contribution < -0.4 is 0 Å². The number of rotatable bonds is 42. The number of hydrogen-bond donors (Lipinski definition) is 0. The van der Waals surface area contributed by atoms with Gasteiger partial charge in [-0.05, 0) is 103 Å². The summed E-state index contributed by atoms with van der Waals surface area (Å²) in [7, 11) is 0. The molecular formula is C57H88O6. The average Bonchev–Trinajstić information content (AvgIpc) is 3.28. The van der Waals surface area contributed by atoms with Crippen LogP contribution in [-0.4, -0.2) is 37.2 Å². The number of allylic oxidation sites excluding steroid dienone is 22. The Morgan fingerprint density at radius 3 is 1.16 bits per heavy atom. The number of carbonyl (C=O) groups excluding carboxylic acids is 3. The van der Waals surface area contributed by atoms with Gasteiger partial charge in [0.25, 0.3) is 0 Å². The van der Waals surface area contributed by atoms with Crippen molar-refractivity contribution in [3.63, 3.8) is 0 Å². The molecule has 0 aliphatic carbocycles. The van der Waals surface area contributed by atoms with Crippen molar-refractivity contribution < 1.29 is 28.6 Å².